The molecule has 17 heavy (non-hydrogen) atoms. The standard InChI is InChI=1S/C13H15ClN2S/c1-9(11-3-5-15-6-4-11)16-10(2)12-7-13(14)17-8-12/h3-10,16H,1-2H3. The topological polar surface area (TPSA) is 24.9 Å². The summed E-state index contributed by atoms with van der Waals surface area (Å²) < 4.78 is 0.838. The SMILES string of the molecule is CC(NC(C)c1csc(Cl)c1)c1ccncc1. The van der Waals surface area contributed by atoms with Crippen LogP contribution in [0.4, 0.5) is 0 Å². The van der Waals surface area contributed by atoms with Crippen molar-refractivity contribution in [3.63, 3.8) is 0 Å². The lowest BCUT2D eigenvalue weighted by atomic mass is 10.1. The molecule has 2 nitrogen and oxygen atoms in total. The summed E-state index contributed by atoms with van der Waals surface area (Å²) in [5.41, 5.74) is 2.48. The molecule has 0 spiro atoms. The molecule has 0 aromatic carbocycles. The third-order valence-corrected chi connectivity index (χ3v) is 3.90. The smallest absolute Gasteiger partial charge is 0.0931 e. The maximum atomic E-state index is 5.94. The van der Waals surface area contributed by atoms with E-state index in [1.807, 2.05) is 30.6 Å². The molecule has 0 saturated carbocycles. The van der Waals surface area contributed by atoms with Crippen LogP contribution in [0.25, 0.3) is 0 Å². The lowest BCUT2D eigenvalue weighted by Crippen LogP contribution is -2.22. The van der Waals surface area contributed by atoms with E-state index in [1.54, 1.807) is 11.3 Å². The predicted octanol–water partition coefficient (Wildman–Crippen LogP) is 4.21. The van der Waals surface area contributed by atoms with Gasteiger partial charge in [-0.3, -0.25) is 4.98 Å². The Labute approximate surface area is 111 Å². The normalized spacial score (nSPS) is 14.5. The molecule has 4 heteroatoms. The van der Waals surface area contributed by atoms with Crippen molar-refractivity contribution in [3.05, 3.63) is 51.4 Å². The summed E-state index contributed by atoms with van der Waals surface area (Å²) in [7, 11) is 0. The van der Waals surface area contributed by atoms with Crippen molar-refractivity contribution in [1.29, 1.82) is 0 Å². The van der Waals surface area contributed by atoms with Crippen molar-refractivity contribution in [2.45, 2.75) is 25.9 Å². The summed E-state index contributed by atoms with van der Waals surface area (Å²) in [5.74, 6) is 0. The van der Waals surface area contributed by atoms with Gasteiger partial charge in [0.15, 0.2) is 0 Å². The van der Waals surface area contributed by atoms with Gasteiger partial charge in [-0.15, -0.1) is 11.3 Å². The third kappa shape index (κ3) is 3.28. The Hall–Kier alpha value is -0.900. The second-order valence-electron chi connectivity index (χ2n) is 4.07. The zero-order valence-corrected chi connectivity index (χ0v) is 11.4. The quantitative estimate of drug-likeness (QED) is 0.897. The van der Waals surface area contributed by atoms with E-state index in [4.69, 9.17) is 11.6 Å². The molecule has 2 heterocycles. The Kier molecular flexibility index (Phi) is 4.15. The molecule has 2 atom stereocenters. The van der Waals surface area contributed by atoms with Crippen molar-refractivity contribution >= 4 is 22.9 Å². The van der Waals surface area contributed by atoms with Crippen LogP contribution < -0.4 is 5.32 Å². The average Bonchev–Trinajstić information content (AvgIpc) is 2.77. The number of pyridine rings is 1. The molecule has 0 bridgehead atoms. The number of hydrogen-bond acceptors (Lipinski definition) is 3. The summed E-state index contributed by atoms with van der Waals surface area (Å²) in [4.78, 5) is 4.02. The molecule has 0 saturated heterocycles. The highest BCUT2D eigenvalue weighted by atomic mass is 35.5. The second kappa shape index (κ2) is 5.63. The Morgan fingerprint density at radius 2 is 1.82 bits per heavy atom. The van der Waals surface area contributed by atoms with E-state index in [-0.39, 0.29) is 0 Å². The predicted molar refractivity (Wildman–Crippen MR) is 73.5 cm³/mol. The first-order valence-electron chi connectivity index (χ1n) is 5.56. The van der Waals surface area contributed by atoms with E-state index in [0.717, 1.165) is 4.34 Å². The van der Waals surface area contributed by atoms with Gasteiger partial charge < -0.3 is 5.32 Å². The van der Waals surface area contributed by atoms with Crippen molar-refractivity contribution in [1.82, 2.24) is 10.3 Å². The van der Waals surface area contributed by atoms with Crippen LogP contribution in [0.1, 0.15) is 37.1 Å². The molecule has 0 radical (unpaired) electrons. The van der Waals surface area contributed by atoms with Crippen LogP contribution in [0.5, 0.6) is 0 Å². The number of rotatable bonds is 4. The second-order valence-corrected chi connectivity index (χ2v) is 5.62. The van der Waals surface area contributed by atoms with Gasteiger partial charge >= 0.3 is 0 Å². The summed E-state index contributed by atoms with van der Waals surface area (Å²) in [5, 5.41) is 5.64. The fourth-order valence-corrected chi connectivity index (χ4v) is 2.75. The van der Waals surface area contributed by atoms with E-state index < -0.39 is 0 Å². The highest BCUT2D eigenvalue weighted by Crippen LogP contribution is 2.26. The first-order valence-corrected chi connectivity index (χ1v) is 6.82. The molecule has 2 aromatic rings. The van der Waals surface area contributed by atoms with E-state index in [2.05, 4.69) is 29.5 Å². The minimum absolute atomic E-state index is 0.293. The molecular weight excluding hydrogens is 252 g/mol. The molecule has 0 fully saturated rings. The Morgan fingerprint density at radius 3 is 2.41 bits per heavy atom. The van der Waals surface area contributed by atoms with Gasteiger partial charge in [0.1, 0.15) is 0 Å². The zero-order chi connectivity index (χ0) is 12.3. The van der Waals surface area contributed by atoms with Crippen LogP contribution in [-0.2, 0) is 0 Å². The van der Waals surface area contributed by atoms with E-state index >= 15 is 0 Å². The Morgan fingerprint density at radius 1 is 1.18 bits per heavy atom. The monoisotopic (exact) mass is 266 g/mol. The van der Waals surface area contributed by atoms with Gasteiger partial charge in [-0.1, -0.05) is 11.6 Å². The van der Waals surface area contributed by atoms with Crippen molar-refractivity contribution < 1.29 is 0 Å². The fourth-order valence-electron chi connectivity index (χ4n) is 1.77. The Balaban J connectivity index is 2.02. The average molecular weight is 267 g/mol. The minimum Gasteiger partial charge on any atom is -0.304 e. The molecule has 0 aliphatic carbocycles. The molecule has 0 aliphatic rings. The van der Waals surface area contributed by atoms with Gasteiger partial charge in [0, 0.05) is 24.5 Å². The van der Waals surface area contributed by atoms with Crippen LogP contribution in [0.3, 0.4) is 0 Å². The van der Waals surface area contributed by atoms with Gasteiger partial charge in [0.2, 0.25) is 0 Å². The molecule has 0 amide bonds. The Bertz CT molecular complexity index is 469. The van der Waals surface area contributed by atoms with Crippen LogP contribution in [0, 0.1) is 0 Å². The minimum atomic E-state index is 0.293. The highest BCUT2D eigenvalue weighted by Gasteiger charge is 2.12. The molecule has 2 unspecified atom stereocenters. The van der Waals surface area contributed by atoms with Gasteiger partial charge in [-0.05, 0) is 48.6 Å². The first kappa shape index (κ1) is 12.6. The molecule has 0 aliphatic heterocycles. The number of hydrogen-bond donors (Lipinski definition) is 1. The summed E-state index contributed by atoms with van der Waals surface area (Å²) in [6, 6.07) is 6.67. The fraction of sp³-hybridized carbons (Fsp3) is 0.308. The van der Waals surface area contributed by atoms with Crippen LogP contribution in [-0.4, -0.2) is 4.98 Å². The maximum Gasteiger partial charge on any atom is 0.0931 e. The van der Waals surface area contributed by atoms with Gasteiger partial charge in [0.25, 0.3) is 0 Å². The summed E-state index contributed by atoms with van der Waals surface area (Å²) >= 11 is 7.51. The summed E-state index contributed by atoms with van der Waals surface area (Å²) in [6.07, 6.45) is 3.64. The van der Waals surface area contributed by atoms with Crippen LogP contribution in [0.15, 0.2) is 36.0 Å². The number of aromatic nitrogens is 1. The number of halogens is 1. The van der Waals surface area contributed by atoms with Gasteiger partial charge in [-0.2, -0.15) is 0 Å². The van der Waals surface area contributed by atoms with Crippen LogP contribution >= 0.6 is 22.9 Å². The third-order valence-electron chi connectivity index (χ3n) is 2.79. The zero-order valence-electron chi connectivity index (χ0n) is 9.85. The number of nitrogens with one attached hydrogen (secondary N) is 1. The van der Waals surface area contributed by atoms with Crippen molar-refractivity contribution in [2.24, 2.45) is 0 Å². The molecule has 90 valence electrons. The van der Waals surface area contributed by atoms with E-state index in [0.29, 0.717) is 12.1 Å². The number of thiophene rings is 1. The van der Waals surface area contributed by atoms with E-state index in [1.165, 1.54) is 11.1 Å². The van der Waals surface area contributed by atoms with E-state index in [9.17, 15) is 0 Å². The molecule has 2 rings (SSSR count). The first-order chi connectivity index (χ1) is 8.16. The van der Waals surface area contributed by atoms with Crippen LogP contribution in [0.2, 0.25) is 4.34 Å². The molecule has 1 N–H and O–H groups in total. The molecule has 2 aromatic heterocycles. The highest BCUT2D eigenvalue weighted by molar-refractivity contribution is 7.14. The molecular formula is C13H15ClN2S. The van der Waals surface area contributed by atoms with Crippen molar-refractivity contribution in [3.8, 4) is 0 Å². The van der Waals surface area contributed by atoms with Crippen molar-refractivity contribution in [2.75, 3.05) is 0 Å². The number of nitrogens with zero attached hydrogens (tertiary/aromatic N) is 1. The largest absolute Gasteiger partial charge is 0.304 e. The lowest BCUT2D eigenvalue weighted by Gasteiger charge is -2.19. The maximum absolute atomic E-state index is 5.94. The summed E-state index contributed by atoms with van der Waals surface area (Å²) in [6.45, 7) is 4.30. The van der Waals surface area contributed by atoms with Gasteiger partial charge in [0.05, 0.1) is 4.34 Å². The van der Waals surface area contributed by atoms with Gasteiger partial charge in [-0.25, -0.2) is 0 Å². The lowest BCUT2D eigenvalue weighted by molar-refractivity contribution is 0.495.